The van der Waals surface area contributed by atoms with E-state index in [4.69, 9.17) is 4.74 Å². The van der Waals surface area contributed by atoms with E-state index in [-0.39, 0.29) is 17.6 Å². The van der Waals surface area contributed by atoms with Crippen molar-refractivity contribution in [3.63, 3.8) is 0 Å². The number of carbonyl (C=O) groups is 1. The number of rotatable bonds is 2. The summed E-state index contributed by atoms with van der Waals surface area (Å²) in [6.07, 6.45) is 0.647. The van der Waals surface area contributed by atoms with Crippen molar-refractivity contribution >= 4 is 6.09 Å². The first-order chi connectivity index (χ1) is 11.4. The molecule has 0 aromatic heterocycles. The molecule has 3 rings (SSSR count). The molecule has 3 nitrogen and oxygen atoms in total. The summed E-state index contributed by atoms with van der Waals surface area (Å²) in [7, 11) is 0. The molecule has 24 heavy (non-hydrogen) atoms. The van der Waals surface area contributed by atoms with Crippen LogP contribution in [0.4, 0.5) is 4.79 Å². The Hall–Kier alpha value is -2.29. The third-order valence-corrected chi connectivity index (χ3v) is 4.69. The van der Waals surface area contributed by atoms with Crippen LogP contribution in [0.3, 0.4) is 0 Å². The van der Waals surface area contributed by atoms with Gasteiger partial charge in [0, 0.05) is 12.6 Å². The largest absolute Gasteiger partial charge is 0.445 e. The van der Waals surface area contributed by atoms with Crippen molar-refractivity contribution in [1.29, 1.82) is 0 Å². The SMILES string of the molecule is CC(C)(C)C1Cc2ccccc2CN1C(=O)OCc1ccccc1. The molecule has 0 bridgehead atoms. The fraction of sp³-hybridized carbons (Fsp3) is 0.381. The van der Waals surface area contributed by atoms with E-state index in [1.54, 1.807) is 0 Å². The number of fused-ring (bicyclic) bond motifs is 1. The Balaban J connectivity index is 1.77. The van der Waals surface area contributed by atoms with Crippen LogP contribution in [0, 0.1) is 5.41 Å². The van der Waals surface area contributed by atoms with Crippen molar-refractivity contribution < 1.29 is 9.53 Å². The number of carbonyl (C=O) groups excluding carboxylic acids is 1. The topological polar surface area (TPSA) is 29.5 Å². The second-order valence-corrected chi connectivity index (χ2v) is 7.52. The van der Waals surface area contributed by atoms with Crippen molar-refractivity contribution in [3.8, 4) is 0 Å². The third kappa shape index (κ3) is 3.61. The lowest BCUT2D eigenvalue weighted by Crippen LogP contribution is -2.50. The van der Waals surface area contributed by atoms with Gasteiger partial charge in [0.2, 0.25) is 0 Å². The van der Waals surface area contributed by atoms with Gasteiger partial charge in [-0.15, -0.1) is 0 Å². The van der Waals surface area contributed by atoms with E-state index in [0.29, 0.717) is 13.2 Å². The van der Waals surface area contributed by atoms with Gasteiger partial charge in [-0.2, -0.15) is 0 Å². The van der Waals surface area contributed by atoms with Crippen molar-refractivity contribution in [2.45, 2.75) is 46.4 Å². The van der Waals surface area contributed by atoms with Crippen LogP contribution in [-0.4, -0.2) is 17.0 Å². The lowest BCUT2D eigenvalue weighted by molar-refractivity contribution is 0.0428. The van der Waals surface area contributed by atoms with E-state index in [0.717, 1.165) is 12.0 Å². The quantitative estimate of drug-likeness (QED) is 0.795. The van der Waals surface area contributed by atoms with Gasteiger partial charge < -0.3 is 9.64 Å². The Morgan fingerprint density at radius 3 is 2.33 bits per heavy atom. The molecule has 0 radical (unpaired) electrons. The molecule has 0 saturated carbocycles. The smallest absolute Gasteiger partial charge is 0.410 e. The fourth-order valence-corrected chi connectivity index (χ4v) is 3.29. The molecule has 0 spiro atoms. The first-order valence-corrected chi connectivity index (χ1v) is 8.49. The van der Waals surface area contributed by atoms with E-state index in [1.165, 1.54) is 11.1 Å². The molecule has 3 heteroatoms. The van der Waals surface area contributed by atoms with Crippen molar-refractivity contribution in [2.24, 2.45) is 5.41 Å². The maximum atomic E-state index is 12.7. The lowest BCUT2D eigenvalue weighted by Gasteiger charge is -2.43. The molecular formula is C21H25NO2. The van der Waals surface area contributed by atoms with Crippen LogP contribution in [0.25, 0.3) is 0 Å². The van der Waals surface area contributed by atoms with Crippen LogP contribution in [0.15, 0.2) is 54.6 Å². The number of hydrogen-bond donors (Lipinski definition) is 0. The monoisotopic (exact) mass is 323 g/mol. The predicted molar refractivity (Wildman–Crippen MR) is 95.6 cm³/mol. The molecule has 1 atom stereocenters. The van der Waals surface area contributed by atoms with Gasteiger partial charge in [0.05, 0.1) is 0 Å². The van der Waals surface area contributed by atoms with Crippen LogP contribution in [-0.2, 0) is 24.3 Å². The van der Waals surface area contributed by atoms with Crippen LogP contribution in [0.2, 0.25) is 0 Å². The van der Waals surface area contributed by atoms with Gasteiger partial charge in [0.15, 0.2) is 0 Å². The summed E-state index contributed by atoms with van der Waals surface area (Å²) in [4.78, 5) is 14.6. The molecule has 0 aliphatic carbocycles. The van der Waals surface area contributed by atoms with Crippen LogP contribution < -0.4 is 0 Å². The number of amides is 1. The van der Waals surface area contributed by atoms with Gasteiger partial charge in [0.25, 0.3) is 0 Å². The minimum atomic E-state index is -0.228. The van der Waals surface area contributed by atoms with Gasteiger partial charge in [-0.1, -0.05) is 75.4 Å². The van der Waals surface area contributed by atoms with E-state index >= 15 is 0 Å². The first-order valence-electron chi connectivity index (χ1n) is 8.49. The van der Waals surface area contributed by atoms with Crippen molar-refractivity contribution in [1.82, 2.24) is 4.90 Å². The highest BCUT2D eigenvalue weighted by Crippen LogP contribution is 2.34. The van der Waals surface area contributed by atoms with E-state index < -0.39 is 0 Å². The van der Waals surface area contributed by atoms with Crippen molar-refractivity contribution in [3.05, 3.63) is 71.3 Å². The Morgan fingerprint density at radius 1 is 1.04 bits per heavy atom. The molecule has 1 amide bonds. The zero-order valence-corrected chi connectivity index (χ0v) is 14.7. The minimum absolute atomic E-state index is 0.000696. The zero-order chi connectivity index (χ0) is 17.2. The number of benzene rings is 2. The van der Waals surface area contributed by atoms with E-state index in [2.05, 4.69) is 39.0 Å². The summed E-state index contributed by atoms with van der Waals surface area (Å²) >= 11 is 0. The predicted octanol–water partition coefficient (Wildman–Crippen LogP) is 4.80. The van der Waals surface area contributed by atoms with E-state index in [9.17, 15) is 4.79 Å². The summed E-state index contributed by atoms with van der Waals surface area (Å²) < 4.78 is 5.59. The molecule has 0 N–H and O–H groups in total. The van der Waals surface area contributed by atoms with Crippen molar-refractivity contribution in [2.75, 3.05) is 0 Å². The highest BCUT2D eigenvalue weighted by atomic mass is 16.6. The molecular weight excluding hydrogens is 298 g/mol. The molecule has 1 aliphatic heterocycles. The minimum Gasteiger partial charge on any atom is -0.445 e. The molecule has 126 valence electrons. The summed E-state index contributed by atoms with van der Waals surface area (Å²) in [5, 5.41) is 0. The molecule has 1 heterocycles. The Bertz CT molecular complexity index is 703. The Kier molecular flexibility index (Phi) is 4.61. The van der Waals surface area contributed by atoms with Gasteiger partial charge in [-0.3, -0.25) is 0 Å². The zero-order valence-electron chi connectivity index (χ0n) is 14.7. The van der Waals surface area contributed by atoms with Gasteiger partial charge >= 0.3 is 6.09 Å². The highest BCUT2D eigenvalue weighted by molar-refractivity contribution is 5.69. The summed E-state index contributed by atoms with van der Waals surface area (Å²) in [5.74, 6) is 0. The molecule has 2 aromatic rings. The maximum absolute atomic E-state index is 12.7. The third-order valence-electron chi connectivity index (χ3n) is 4.69. The molecule has 0 saturated heterocycles. The summed E-state index contributed by atoms with van der Waals surface area (Å²) in [6, 6.07) is 18.3. The number of hydrogen-bond acceptors (Lipinski definition) is 2. The first kappa shape index (κ1) is 16.6. The molecule has 1 aliphatic rings. The van der Waals surface area contributed by atoms with Gasteiger partial charge in [0.1, 0.15) is 6.61 Å². The fourth-order valence-electron chi connectivity index (χ4n) is 3.29. The van der Waals surface area contributed by atoms with Crippen LogP contribution in [0.1, 0.15) is 37.5 Å². The Morgan fingerprint density at radius 2 is 1.67 bits per heavy atom. The van der Waals surface area contributed by atoms with Crippen LogP contribution >= 0.6 is 0 Å². The number of ether oxygens (including phenoxy) is 1. The molecule has 1 unspecified atom stereocenters. The Labute approximate surface area is 144 Å². The summed E-state index contributed by atoms with van der Waals surface area (Å²) in [5.41, 5.74) is 3.56. The van der Waals surface area contributed by atoms with Gasteiger partial charge in [-0.25, -0.2) is 4.79 Å². The normalized spacial score (nSPS) is 17.3. The standard InChI is InChI=1S/C21H25NO2/c1-21(2,3)19-13-17-11-7-8-12-18(17)14-22(19)20(23)24-15-16-9-5-4-6-10-16/h4-12,19H,13-15H2,1-3H3. The summed E-state index contributed by atoms with van der Waals surface area (Å²) in [6.45, 7) is 7.48. The molecule has 2 aromatic carbocycles. The van der Waals surface area contributed by atoms with E-state index in [1.807, 2.05) is 41.3 Å². The average molecular weight is 323 g/mol. The number of nitrogens with zero attached hydrogens (tertiary/aromatic N) is 1. The second-order valence-electron chi connectivity index (χ2n) is 7.52. The van der Waals surface area contributed by atoms with Crippen LogP contribution in [0.5, 0.6) is 0 Å². The highest BCUT2D eigenvalue weighted by Gasteiger charge is 2.37. The maximum Gasteiger partial charge on any atom is 0.410 e. The molecule has 0 fully saturated rings. The average Bonchev–Trinajstić information content (AvgIpc) is 2.58. The van der Waals surface area contributed by atoms with Gasteiger partial charge in [-0.05, 0) is 28.5 Å². The second kappa shape index (κ2) is 6.68. The lowest BCUT2D eigenvalue weighted by atomic mass is 9.79.